The Morgan fingerprint density at radius 1 is 1.08 bits per heavy atom. The molecule has 134 valence electrons. The van der Waals surface area contributed by atoms with Gasteiger partial charge in [0.25, 0.3) is 0 Å². The lowest BCUT2D eigenvalue weighted by molar-refractivity contribution is -0.116. The van der Waals surface area contributed by atoms with Crippen LogP contribution in [0.25, 0.3) is 0 Å². The van der Waals surface area contributed by atoms with Gasteiger partial charge in [-0.3, -0.25) is 4.79 Å². The SMILES string of the molecule is CCCN(CC(=O)Nc1ccc(C)cc1)S(=O)(=O)c1ccc(Cl)cc1. The van der Waals surface area contributed by atoms with Gasteiger partial charge in [0.1, 0.15) is 0 Å². The molecule has 1 amide bonds. The average Bonchev–Trinajstić information content (AvgIpc) is 2.57. The number of benzene rings is 2. The molecular weight excluding hydrogens is 360 g/mol. The molecular formula is C18H21ClN2O3S. The zero-order chi connectivity index (χ0) is 18.4. The molecule has 2 aromatic carbocycles. The molecule has 2 rings (SSSR count). The Bertz CT molecular complexity index is 818. The Hall–Kier alpha value is -1.89. The summed E-state index contributed by atoms with van der Waals surface area (Å²) in [5.41, 5.74) is 1.71. The van der Waals surface area contributed by atoms with Crippen molar-refractivity contribution in [1.29, 1.82) is 0 Å². The lowest BCUT2D eigenvalue weighted by Gasteiger charge is -2.21. The van der Waals surface area contributed by atoms with Crippen LogP contribution in [-0.2, 0) is 14.8 Å². The number of sulfonamides is 1. The van der Waals surface area contributed by atoms with Crippen molar-refractivity contribution in [2.24, 2.45) is 0 Å². The molecule has 0 aromatic heterocycles. The minimum absolute atomic E-state index is 0.119. The van der Waals surface area contributed by atoms with E-state index in [-0.39, 0.29) is 23.9 Å². The van der Waals surface area contributed by atoms with E-state index in [1.807, 2.05) is 26.0 Å². The highest BCUT2D eigenvalue weighted by atomic mass is 35.5. The molecule has 0 unspecified atom stereocenters. The van der Waals surface area contributed by atoms with Crippen molar-refractivity contribution in [3.63, 3.8) is 0 Å². The number of rotatable bonds is 7. The van der Waals surface area contributed by atoms with Gasteiger partial charge in [-0.05, 0) is 49.7 Å². The van der Waals surface area contributed by atoms with Crippen molar-refractivity contribution in [2.45, 2.75) is 25.2 Å². The molecule has 0 heterocycles. The van der Waals surface area contributed by atoms with E-state index in [0.717, 1.165) is 5.56 Å². The molecule has 2 aromatic rings. The molecule has 0 aliphatic heterocycles. The Morgan fingerprint density at radius 2 is 1.68 bits per heavy atom. The number of nitrogens with one attached hydrogen (secondary N) is 1. The van der Waals surface area contributed by atoms with E-state index in [1.165, 1.54) is 28.6 Å². The second-order valence-electron chi connectivity index (χ2n) is 5.71. The van der Waals surface area contributed by atoms with E-state index in [2.05, 4.69) is 5.32 Å². The summed E-state index contributed by atoms with van der Waals surface area (Å²) in [4.78, 5) is 12.4. The molecule has 0 aliphatic rings. The number of hydrogen-bond acceptors (Lipinski definition) is 3. The van der Waals surface area contributed by atoms with Gasteiger partial charge >= 0.3 is 0 Å². The smallest absolute Gasteiger partial charge is 0.243 e. The predicted octanol–water partition coefficient (Wildman–Crippen LogP) is 3.69. The molecule has 1 N–H and O–H groups in total. The molecule has 0 atom stereocenters. The number of hydrogen-bond donors (Lipinski definition) is 1. The summed E-state index contributed by atoms with van der Waals surface area (Å²) in [6.07, 6.45) is 0.602. The number of anilines is 1. The van der Waals surface area contributed by atoms with Crippen LogP contribution in [0.15, 0.2) is 53.4 Å². The normalized spacial score (nSPS) is 11.5. The molecule has 25 heavy (non-hydrogen) atoms. The lowest BCUT2D eigenvalue weighted by atomic mass is 10.2. The van der Waals surface area contributed by atoms with Gasteiger partial charge < -0.3 is 5.32 Å². The zero-order valence-corrected chi connectivity index (χ0v) is 15.8. The molecule has 0 aliphatic carbocycles. The Labute approximate surface area is 153 Å². The van der Waals surface area contributed by atoms with Gasteiger partial charge in [0, 0.05) is 17.3 Å². The van der Waals surface area contributed by atoms with Crippen LogP contribution in [-0.4, -0.2) is 31.7 Å². The molecule has 0 spiro atoms. The van der Waals surface area contributed by atoms with Crippen LogP contribution in [0.3, 0.4) is 0 Å². The van der Waals surface area contributed by atoms with Crippen LogP contribution in [0.4, 0.5) is 5.69 Å². The van der Waals surface area contributed by atoms with Gasteiger partial charge in [0.05, 0.1) is 11.4 Å². The molecule has 0 fully saturated rings. The second-order valence-corrected chi connectivity index (χ2v) is 8.08. The monoisotopic (exact) mass is 380 g/mol. The van der Waals surface area contributed by atoms with Crippen LogP contribution < -0.4 is 5.32 Å². The Balaban J connectivity index is 2.15. The van der Waals surface area contributed by atoms with Gasteiger partial charge in [-0.15, -0.1) is 0 Å². The first-order chi connectivity index (χ1) is 11.8. The summed E-state index contributed by atoms with van der Waals surface area (Å²) < 4.78 is 26.7. The van der Waals surface area contributed by atoms with Crippen LogP contribution in [0.1, 0.15) is 18.9 Å². The number of carbonyl (C=O) groups is 1. The summed E-state index contributed by atoms with van der Waals surface area (Å²) in [6, 6.07) is 13.2. The first kappa shape index (κ1) is 19.4. The highest BCUT2D eigenvalue weighted by Gasteiger charge is 2.25. The van der Waals surface area contributed by atoms with E-state index in [4.69, 9.17) is 11.6 Å². The number of amides is 1. The van der Waals surface area contributed by atoms with E-state index in [0.29, 0.717) is 17.1 Å². The van der Waals surface area contributed by atoms with Crippen molar-refractivity contribution in [3.05, 3.63) is 59.1 Å². The third-order valence-electron chi connectivity index (χ3n) is 3.58. The van der Waals surface area contributed by atoms with Crippen LogP contribution in [0.5, 0.6) is 0 Å². The molecule has 0 radical (unpaired) electrons. The number of halogens is 1. The minimum Gasteiger partial charge on any atom is -0.325 e. The van der Waals surface area contributed by atoms with E-state index in [9.17, 15) is 13.2 Å². The van der Waals surface area contributed by atoms with Gasteiger partial charge in [-0.2, -0.15) is 4.31 Å². The lowest BCUT2D eigenvalue weighted by Crippen LogP contribution is -2.38. The maximum atomic E-state index is 12.8. The third-order valence-corrected chi connectivity index (χ3v) is 5.69. The fraction of sp³-hybridized carbons (Fsp3) is 0.278. The Kier molecular flexibility index (Phi) is 6.58. The van der Waals surface area contributed by atoms with E-state index in [1.54, 1.807) is 12.1 Å². The summed E-state index contributed by atoms with van der Waals surface area (Å²) in [5.74, 6) is -0.380. The summed E-state index contributed by atoms with van der Waals surface area (Å²) >= 11 is 5.82. The van der Waals surface area contributed by atoms with Crippen molar-refractivity contribution in [2.75, 3.05) is 18.4 Å². The number of aryl methyl sites for hydroxylation is 1. The zero-order valence-electron chi connectivity index (χ0n) is 14.2. The molecule has 0 saturated heterocycles. The van der Waals surface area contributed by atoms with Crippen LogP contribution >= 0.6 is 11.6 Å². The van der Waals surface area contributed by atoms with E-state index < -0.39 is 10.0 Å². The van der Waals surface area contributed by atoms with Gasteiger partial charge in [0.2, 0.25) is 15.9 Å². The fourth-order valence-electron chi connectivity index (χ4n) is 2.29. The fourth-order valence-corrected chi connectivity index (χ4v) is 3.90. The molecule has 0 bridgehead atoms. The number of nitrogens with zero attached hydrogens (tertiary/aromatic N) is 1. The van der Waals surface area contributed by atoms with Crippen molar-refractivity contribution in [1.82, 2.24) is 4.31 Å². The topological polar surface area (TPSA) is 66.5 Å². The molecule has 5 nitrogen and oxygen atoms in total. The highest BCUT2D eigenvalue weighted by molar-refractivity contribution is 7.89. The summed E-state index contributed by atoms with van der Waals surface area (Å²) in [6.45, 7) is 3.83. The molecule has 0 saturated carbocycles. The summed E-state index contributed by atoms with van der Waals surface area (Å²) in [5, 5.41) is 3.18. The van der Waals surface area contributed by atoms with Gasteiger partial charge in [-0.25, -0.2) is 8.42 Å². The Morgan fingerprint density at radius 3 is 2.24 bits per heavy atom. The third kappa shape index (κ3) is 5.29. The first-order valence-corrected chi connectivity index (χ1v) is 9.77. The van der Waals surface area contributed by atoms with Gasteiger partial charge in [0.15, 0.2) is 0 Å². The minimum atomic E-state index is -3.76. The van der Waals surface area contributed by atoms with Crippen molar-refractivity contribution >= 4 is 33.2 Å². The van der Waals surface area contributed by atoms with Crippen molar-refractivity contribution < 1.29 is 13.2 Å². The maximum Gasteiger partial charge on any atom is 0.243 e. The maximum absolute atomic E-state index is 12.8. The quantitative estimate of drug-likeness (QED) is 0.796. The predicted molar refractivity (Wildman–Crippen MR) is 100 cm³/mol. The number of carbonyl (C=O) groups excluding carboxylic acids is 1. The summed E-state index contributed by atoms with van der Waals surface area (Å²) in [7, 11) is -3.76. The van der Waals surface area contributed by atoms with Gasteiger partial charge in [-0.1, -0.05) is 36.2 Å². The highest BCUT2D eigenvalue weighted by Crippen LogP contribution is 2.19. The largest absolute Gasteiger partial charge is 0.325 e. The van der Waals surface area contributed by atoms with Crippen LogP contribution in [0, 0.1) is 6.92 Å². The molecule has 7 heteroatoms. The first-order valence-electron chi connectivity index (χ1n) is 7.95. The standard InChI is InChI=1S/C18H21ClN2O3S/c1-3-12-21(25(23,24)17-10-6-15(19)7-11-17)13-18(22)20-16-8-4-14(2)5-9-16/h4-11H,3,12-13H2,1-2H3,(H,20,22). The average molecular weight is 381 g/mol. The van der Waals surface area contributed by atoms with Crippen molar-refractivity contribution in [3.8, 4) is 0 Å². The van der Waals surface area contributed by atoms with E-state index >= 15 is 0 Å². The van der Waals surface area contributed by atoms with Crippen LogP contribution in [0.2, 0.25) is 5.02 Å². The second kappa shape index (κ2) is 8.47.